The van der Waals surface area contributed by atoms with Crippen molar-refractivity contribution in [2.45, 2.75) is 6.04 Å². The molecule has 1 aliphatic heterocycles. The van der Waals surface area contributed by atoms with E-state index in [1.807, 2.05) is 36.4 Å². The van der Waals surface area contributed by atoms with Crippen LogP contribution in [0.2, 0.25) is 0 Å². The maximum Gasteiger partial charge on any atom is 0.293 e. The first-order chi connectivity index (χ1) is 14.7. The Kier molecular flexibility index (Phi) is 4.36. The maximum atomic E-state index is 13.5. The number of carbonyl (C=O) groups excluding carboxylic acids is 1. The quantitative estimate of drug-likeness (QED) is 0.532. The van der Waals surface area contributed by atoms with Crippen molar-refractivity contribution in [3.63, 3.8) is 0 Å². The van der Waals surface area contributed by atoms with Gasteiger partial charge in [0.25, 0.3) is 11.9 Å². The van der Waals surface area contributed by atoms with Gasteiger partial charge in [0.2, 0.25) is 5.95 Å². The van der Waals surface area contributed by atoms with Gasteiger partial charge in [-0.1, -0.05) is 42.5 Å². The molecule has 0 saturated heterocycles. The van der Waals surface area contributed by atoms with Gasteiger partial charge in [-0.05, 0) is 41.5 Å². The summed E-state index contributed by atoms with van der Waals surface area (Å²) in [5.74, 6) is -0.00857. The smallest absolute Gasteiger partial charge is 0.293 e. The Morgan fingerprint density at radius 2 is 1.87 bits per heavy atom. The van der Waals surface area contributed by atoms with E-state index in [0.717, 1.165) is 16.8 Å². The molecule has 0 bridgehead atoms. The summed E-state index contributed by atoms with van der Waals surface area (Å²) in [6, 6.07) is 18.9. The van der Waals surface area contributed by atoms with Gasteiger partial charge in [0.05, 0.1) is 6.26 Å². The van der Waals surface area contributed by atoms with E-state index in [9.17, 15) is 9.18 Å². The molecule has 148 valence electrons. The minimum atomic E-state index is -0.447. The molecule has 0 fully saturated rings. The van der Waals surface area contributed by atoms with E-state index in [0.29, 0.717) is 5.95 Å². The zero-order chi connectivity index (χ0) is 20.5. The summed E-state index contributed by atoms with van der Waals surface area (Å²) >= 11 is 0. The summed E-state index contributed by atoms with van der Waals surface area (Å²) in [5.41, 5.74) is 2.65. The van der Waals surface area contributed by atoms with Crippen LogP contribution in [0.1, 0.15) is 27.7 Å². The van der Waals surface area contributed by atoms with Gasteiger partial charge in [-0.25, -0.2) is 9.07 Å². The van der Waals surface area contributed by atoms with Crippen LogP contribution in [0.4, 0.5) is 16.3 Å². The second-order valence-electron chi connectivity index (χ2n) is 6.70. The highest BCUT2D eigenvalue weighted by atomic mass is 19.1. The van der Waals surface area contributed by atoms with Gasteiger partial charge in [-0.2, -0.15) is 4.98 Å². The molecule has 3 heterocycles. The summed E-state index contributed by atoms with van der Waals surface area (Å²) < 4.78 is 20.2. The van der Waals surface area contributed by atoms with E-state index in [1.54, 1.807) is 28.9 Å². The molecular weight excluding hydrogens is 385 g/mol. The second-order valence-corrected chi connectivity index (χ2v) is 6.70. The highest BCUT2D eigenvalue weighted by Gasteiger charge is 2.26. The van der Waals surface area contributed by atoms with Gasteiger partial charge in [-0.3, -0.25) is 10.1 Å². The van der Waals surface area contributed by atoms with Gasteiger partial charge in [0.15, 0.2) is 5.76 Å². The molecule has 0 spiro atoms. The zero-order valence-electron chi connectivity index (χ0n) is 15.6. The highest BCUT2D eigenvalue weighted by Crippen LogP contribution is 2.33. The molecule has 2 aromatic heterocycles. The second kappa shape index (κ2) is 7.32. The number of furan rings is 1. The fourth-order valence-corrected chi connectivity index (χ4v) is 3.30. The lowest BCUT2D eigenvalue weighted by molar-refractivity contribution is 0.0995. The van der Waals surface area contributed by atoms with Crippen molar-refractivity contribution in [3.8, 4) is 0 Å². The molecule has 0 radical (unpaired) electrons. The normalized spacial score (nSPS) is 15.1. The number of amides is 1. The van der Waals surface area contributed by atoms with E-state index in [4.69, 9.17) is 4.42 Å². The molecule has 0 saturated carbocycles. The number of halogens is 1. The molecule has 4 aromatic rings. The average Bonchev–Trinajstić information content (AvgIpc) is 3.44. The van der Waals surface area contributed by atoms with E-state index < -0.39 is 5.91 Å². The van der Waals surface area contributed by atoms with Gasteiger partial charge in [-0.15, -0.1) is 5.10 Å². The topological polar surface area (TPSA) is 85.0 Å². The zero-order valence-corrected chi connectivity index (χ0v) is 15.6. The van der Waals surface area contributed by atoms with Crippen LogP contribution >= 0.6 is 0 Å². The number of hydrogen-bond acceptors (Lipinski definition) is 5. The number of anilines is 2. The first kappa shape index (κ1) is 17.9. The average molecular weight is 401 g/mol. The van der Waals surface area contributed by atoms with E-state index in [1.165, 1.54) is 18.4 Å². The molecule has 2 N–H and O–H groups in total. The third-order valence-electron chi connectivity index (χ3n) is 4.73. The van der Waals surface area contributed by atoms with Crippen molar-refractivity contribution >= 4 is 23.5 Å². The highest BCUT2D eigenvalue weighted by molar-refractivity contribution is 6.01. The van der Waals surface area contributed by atoms with Crippen LogP contribution in [0.15, 0.2) is 83.5 Å². The number of rotatable bonds is 4. The summed E-state index contributed by atoms with van der Waals surface area (Å²) in [5, 5.41) is 10.3. The molecule has 1 aliphatic rings. The monoisotopic (exact) mass is 401 g/mol. The van der Waals surface area contributed by atoms with Crippen LogP contribution in [0.5, 0.6) is 0 Å². The third kappa shape index (κ3) is 3.35. The Balaban J connectivity index is 1.53. The van der Waals surface area contributed by atoms with Crippen LogP contribution in [-0.4, -0.2) is 20.7 Å². The third-order valence-corrected chi connectivity index (χ3v) is 4.73. The molecule has 1 atom stereocenters. The predicted octanol–water partition coefficient (Wildman–Crippen LogP) is 4.32. The molecule has 5 rings (SSSR count). The first-order valence-electron chi connectivity index (χ1n) is 9.28. The van der Waals surface area contributed by atoms with Gasteiger partial charge in [0.1, 0.15) is 11.9 Å². The van der Waals surface area contributed by atoms with Crippen molar-refractivity contribution in [2.75, 3.05) is 10.6 Å². The minimum Gasteiger partial charge on any atom is -0.459 e. The molecule has 1 amide bonds. The summed E-state index contributed by atoms with van der Waals surface area (Å²) in [4.78, 5) is 16.7. The standard InChI is InChI=1S/C22H16FN5O2/c23-16-10-8-15(9-11-16)18-13-17(14-5-2-1-3-6-14)24-22-26-21(27-28(18)22)25-20(29)19-7-4-12-30-19/h1-13,18H,(H2,24,25,26,27,29)/t18-/m1/s1. The number of nitrogens with one attached hydrogen (secondary N) is 2. The number of allylic oxidation sites excluding steroid dienone is 1. The van der Waals surface area contributed by atoms with Crippen molar-refractivity contribution in [1.82, 2.24) is 14.8 Å². The van der Waals surface area contributed by atoms with Crippen LogP contribution in [0.3, 0.4) is 0 Å². The molecule has 7 nitrogen and oxygen atoms in total. The number of aromatic nitrogens is 3. The van der Waals surface area contributed by atoms with E-state index in [-0.39, 0.29) is 23.6 Å². The van der Waals surface area contributed by atoms with Crippen molar-refractivity contribution < 1.29 is 13.6 Å². The molecule has 2 aromatic carbocycles. The molecule has 0 aliphatic carbocycles. The number of nitrogens with zero attached hydrogens (tertiary/aromatic N) is 3. The Morgan fingerprint density at radius 1 is 1.07 bits per heavy atom. The predicted molar refractivity (Wildman–Crippen MR) is 109 cm³/mol. The van der Waals surface area contributed by atoms with Crippen molar-refractivity contribution in [2.24, 2.45) is 0 Å². The number of benzene rings is 2. The Labute approximate surface area is 170 Å². The Bertz CT molecular complexity index is 1210. The largest absolute Gasteiger partial charge is 0.459 e. The van der Waals surface area contributed by atoms with E-state index in [2.05, 4.69) is 20.7 Å². The lowest BCUT2D eigenvalue weighted by atomic mass is 10.0. The molecule has 0 unspecified atom stereocenters. The van der Waals surface area contributed by atoms with Gasteiger partial charge in [0, 0.05) is 5.70 Å². The van der Waals surface area contributed by atoms with Crippen LogP contribution in [0, 0.1) is 5.82 Å². The fourth-order valence-electron chi connectivity index (χ4n) is 3.30. The van der Waals surface area contributed by atoms with Crippen LogP contribution in [0.25, 0.3) is 5.70 Å². The van der Waals surface area contributed by atoms with Gasteiger partial charge < -0.3 is 9.73 Å². The van der Waals surface area contributed by atoms with E-state index >= 15 is 0 Å². The van der Waals surface area contributed by atoms with Crippen molar-refractivity contribution in [1.29, 1.82) is 0 Å². The SMILES string of the molecule is O=C(Nc1nc2n(n1)[C@@H](c1ccc(F)cc1)C=C(c1ccccc1)N2)c1ccco1. The molecule has 8 heteroatoms. The lowest BCUT2D eigenvalue weighted by Gasteiger charge is -2.24. The maximum absolute atomic E-state index is 13.5. The number of carbonyl (C=O) groups is 1. The van der Waals surface area contributed by atoms with Gasteiger partial charge >= 0.3 is 0 Å². The summed E-state index contributed by atoms with van der Waals surface area (Å²) in [7, 11) is 0. The Morgan fingerprint density at radius 3 is 2.60 bits per heavy atom. The Hall–Kier alpha value is -4.20. The molecular formula is C22H16FN5O2. The fraction of sp³-hybridized carbons (Fsp3) is 0.0455. The number of hydrogen-bond donors (Lipinski definition) is 2. The molecule has 30 heavy (non-hydrogen) atoms. The number of fused-ring (bicyclic) bond motifs is 1. The minimum absolute atomic E-state index is 0.133. The summed E-state index contributed by atoms with van der Waals surface area (Å²) in [6.45, 7) is 0. The van der Waals surface area contributed by atoms with Crippen LogP contribution in [-0.2, 0) is 0 Å². The van der Waals surface area contributed by atoms with Crippen LogP contribution < -0.4 is 10.6 Å². The summed E-state index contributed by atoms with van der Waals surface area (Å²) in [6.07, 6.45) is 3.41. The first-order valence-corrected chi connectivity index (χ1v) is 9.28. The lowest BCUT2D eigenvalue weighted by Crippen LogP contribution is -2.20. The van der Waals surface area contributed by atoms with Crippen molar-refractivity contribution in [3.05, 3.63) is 102 Å².